The fraction of sp³-hybridized carbons (Fsp3) is 0.176. The number of anilines is 1. The third kappa shape index (κ3) is 9.29. The molecule has 0 bridgehead atoms. The summed E-state index contributed by atoms with van der Waals surface area (Å²) in [5.74, 6) is 0.626. The Morgan fingerprint density at radius 3 is 2.10 bits per heavy atom. The Kier molecular flexibility index (Phi) is 12.8. The number of imidazole rings is 1. The van der Waals surface area contributed by atoms with Crippen molar-refractivity contribution in [2.75, 3.05) is 18.4 Å². The van der Waals surface area contributed by atoms with Gasteiger partial charge in [0.25, 0.3) is 0 Å². The van der Waals surface area contributed by atoms with Crippen molar-refractivity contribution < 1.29 is 9.90 Å². The van der Waals surface area contributed by atoms with Crippen molar-refractivity contribution in [1.29, 1.82) is 0 Å². The summed E-state index contributed by atoms with van der Waals surface area (Å²) in [4.78, 5) is 17.2. The van der Waals surface area contributed by atoms with Gasteiger partial charge in [-0.2, -0.15) is 0 Å². The van der Waals surface area contributed by atoms with E-state index in [0.29, 0.717) is 13.1 Å². The maximum absolute atomic E-state index is 12.8. The van der Waals surface area contributed by atoms with Crippen molar-refractivity contribution in [2.24, 2.45) is 0 Å². The summed E-state index contributed by atoms with van der Waals surface area (Å²) < 4.78 is 2.02. The molecule has 42 heavy (non-hydrogen) atoms. The summed E-state index contributed by atoms with van der Waals surface area (Å²) in [6.07, 6.45) is 4.16. The average Bonchev–Trinajstić information content (AvgIpc) is 3.43. The number of aromatic nitrogens is 2. The van der Waals surface area contributed by atoms with E-state index in [0.717, 1.165) is 41.2 Å². The summed E-state index contributed by atoms with van der Waals surface area (Å²) in [6.45, 7) is 1.92. The molecule has 1 aromatic heterocycles. The molecule has 8 heteroatoms. The maximum atomic E-state index is 12.8. The van der Waals surface area contributed by atoms with E-state index >= 15 is 0 Å². The zero-order valence-corrected chi connectivity index (χ0v) is 24.9. The molecule has 1 heterocycles. The van der Waals surface area contributed by atoms with Gasteiger partial charge < -0.3 is 20.3 Å². The van der Waals surface area contributed by atoms with Gasteiger partial charge in [-0.05, 0) is 52.9 Å². The molecular weight excluding hydrogens is 567 g/mol. The largest absolute Gasteiger partial charge is 0.387 e. The van der Waals surface area contributed by atoms with Crippen molar-refractivity contribution in [3.63, 3.8) is 0 Å². The molecule has 0 aliphatic heterocycles. The first kappa shape index (κ1) is 32.6. The van der Waals surface area contributed by atoms with Crippen molar-refractivity contribution in [2.45, 2.75) is 25.5 Å². The second kappa shape index (κ2) is 16.5. The first-order chi connectivity index (χ1) is 19.6. The number of halogens is 2. The second-order valence-corrected chi connectivity index (χ2v) is 9.84. The van der Waals surface area contributed by atoms with E-state index in [1.807, 2.05) is 83.6 Å². The van der Waals surface area contributed by atoms with Gasteiger partial charge in [-0.1, -0.05) is 97.1 Å². The predicted molar refractivity (Wildman–Crippen MR) is 174 cm³/mol. The summed E-state index contributed by atoms with van der Waals surface area (Å²) in [5.41, 5.74) is 6.36. The molecule has 6 nitrogen and oxygen atoms in total. The summed E-state index contributed by atoms with van der Waals surface area (Å²) in [5, 5.41) is 16.6. The summed E-state index contributed by atoms with van der Waals surface area (Å²) in [7, 11) is 0. The molecule has 0 spiro atoms. The standard InChI is InChI=1S/C34H34N4O2.2ClH/c39-32(30-9-5-2-6-10-30)24-35-20-19-26-13-17-31(18-14-26)37-34(40)23-33-36-21-22-38(33)25-27-11-15-29(16-12-27)28-7-3-1-4-8-28;;/h1-18,21-22,32,35,39H,19-20,23-25H2,(H,37,40);2*1H. The van der Waals surface area contributed by atoms with Gasteiger partial charge in [0.2, 0.25) is 5.91 Å². The first-order valence-corrected chi connectivity index (χ1v) is 13.6. The van der Waals surface area contributed by atoms with E-state index in [9.17, 15) is 9.90 Å². The smallest absolute Gasteiger partial charge is 0.231 e. The van der Waals surface area contributed by atoms with Crippen LogP contribution in [0.2, 0.25) is 0 Å². The van der Waals surface area contributed by atoms with Gasteiger partial charge in [-0.15, -0.1) is 24.8 Å². The van der Waals surface area contributed by atoms with Crippen LogP contribution in [0.4, 0.5) is 5.69 Å². The minimum Gasteiger partial charge on any atom is -0.387 e. The lowest BCUT2D eigenvalue weighted by atomic mass is 10.0. The van der Waals surface area contributed by atoms with E-state index in [1.165, 1.54) is 11.1 Å². The van der Waals surface area contributed by atoms with E-state index in [4.69, 9.17) is 0 Å². The third-order valence-electron chi connectivity index (χ3n) is 6.88. The molecule has 3 N–H and O–H groups in total. The van der Waals surface area contributed by atoms with Crippen LogP contribution in [0.15, 0.2) is 122 Å². The highest BCUT2D eigenvalue weighted by Gasteiger charge is 2.11. The highest BCUT2D eigenvalue weighted by atomic mass is 35.5. The molecule has 1 unspecified atom stereocenters. The molecule has 5 aromatic rings. The molecule has 1 atom stereocenters. The topological polar surface area (TPSA) is 79.2 Å². The van der Waals surface area contributed by atoms with Crippen LogP contribution in [0.1, 0.15) is 28.6 Å². The molecular formula is C34H36Cl2N4O2. The molecule has 0 aliphatic carbocycles. The van der Waals surface area contributed by atoms with Crippen molar-refractivity contribution in [1.82, 2.24) is 14.9 Å². The Bertz CT molecular complexity index is 1490. The van der Waals surface area contributed by atoms with E-state index in [1.54, 1.807) is 6.20 Å². The molecule has 0 fully saturated rings. The Morgan fingerprint density at radius 2 is 1.40 bits per heavy atom. The SMILES string of the molecule is Cl.Cl.O=C(Cc1nccn1Cc1ccc(-c2ccccc2)cc1)Nc1ccc(CCNCC(O)c2ccccc2)cc1. The molecule has 4 aromatic carbocycles. The number of carbonyl (C=O) groups is 1. The maximum Gasteiger partial charge on any atom is 0.231 e. The van der Waals surface area contributed by atoms with Crippen LogP contribution >= 0.6 is 24.8 Å². The fourth-order valence-electron chi connectivity index (χ4n) is 4.65. The quantitative estimate of drug-likeness (QED) is 0.143. The first-order valence-electron chi connectivity index (χ1n) is 13.6. The number of aliphatic hydroxyl groups excluding tert-OH is 1. The number of amides is 1. The Hall–Kier alpha value is -3.94. The molecule has 1 amide bonds. The summed E-state index contributed by atoms with van der Waals surface area (Å²) >= 11 is 0. The number of nitrogens with zero attached hydrogens (tertiary/aromatic N) is 2. The minimum absolute atomic E-state index is 0. The molecule has 0 radical (unpaired) electrons. The number of benzene rings is 4. The Morgan fingerprint density at radius 1 is 0.786 bits per heavy atom. The monoisotopic (exact) mass is 602 g/mol. The van der Waals surface area contributed by atoms with Crippen molar-refractivity contribution >= 4 is 36.4 Å². The van der Waals surface area contributed by atoms with E-state index in [2.05, 4.69) is 52.0 Å². The van der Waals surface area contributed by atoms with Gasteiger partial charge in [-0.3, -0.25) is 4.79 Å². The number of hydrogen-bond acceptors (Lipinski definition) is 4. The van der Waals surface area contributed by atoms with Crippen molar-refractivity contribution in [3.05, 3.63) is 144 Å². The van der Waals surface area contributed by atoms with Crippen LogP contribution in [-0.4, -0.2) is 33.7 Å². The van der Waals surface area contributed by atoms with Crippen LogP contribution in [-0.2, 0) is 24.2 Å². The van der Waals surface area contributed by atoms with Crippen LogP contribution in [0, 0.1) is 0 Å². The molecule has 5 rings (SSSR count). The lowest BCUT2D eigenvalue weighted by Gasteiger charge is -2.12. The predicted octanol–water partition coefficient (Wildman–Crippen LogP) is 6.49. The molecule has 218 valence electrons. The normalized spacial score (nSPS) is 11.2. The van der Waals surface area contributed by atoms with Gasteiger partial charge in [0.05, 0.1) is 12.5 Å². The van der Waals surface area contributed by atoms with Gasteiger partial charge in [0.1, 0.15) is 5.82 Å². The van der Waals surface area contributed by atoms with E-state index in [-0.39, 0.29) is 37.1 Å². The Labute approximate surface area is 259 Å². The van der Waals surface area contributed by atoms with Gasteiger partial charge in [0.15, 0.2) is 0 Å². The van der Waals surface area contributed by atoms with Crippen molar-refractivity contribution in [3.8, 4) is 11.1 Å². The van der Waals surface area contributed by atoms with E-state index < -0.39 is 6.10 Å². The minimum atomic E-state index is -0.519. The summed E-state index contributed by atoms with van der Waals surface area (Å²) in [6, 6.07) is 36.3. The Balaban J connectivity index is 0.00000242. The number of aliphatic hydroxyl groups is 1. The zero-order chi connectivity index (χ0) is 27.6. The third-order valence-corrected chi connectivity index (χ3v) is 6.88. The molecule has 0 aliphatic rings. The highest BCUT2D eigenvalue weighted by Crippen LogP contribution is 2.20. The average molecular weight is 604 g/mol. The lowest BCUT2D eigenvalue weighted by molar-refractivity contribution is -0.115. The van der Waals surface area contributed by atoms with Gasteiger partial charge in [-0.25, -0.2) is 4.98 Å². The number of carbonyl (C=O) groups excluding carboxylic acids is 1. The second-order valence-electron chi connectivity index (χ2n) is 9.84. The van der Waals surface area contributed by atoms with Crippen LogP contribution < -0.4 is 10.6 Å². The van der Waals surface area contributed by atoms with Crippen LogP contribution in [0.3, 0.4) is 0 Å². The number of nitrogens with one attached hydrogen (secondary N) is 2. The lowest BCUT2D eigenvalue weighted by Crippen LogP contribution is -2.23. The molecule has 0 saturated heterocycles. The van der Waals surface area contributed by atoms with Gasteiger partial charge in [0, 0.05) is 31.2 Å². The number of rotatable bonds is 12. The van der Waals surface area contributed by atoms with Crippen LogP contribution in [0.5, 0.6) is 0 Å². The zero-order valence-electron chi connectivity index (χ0n) is 23.2. The highest BCUT2D eigenvalue weighted by molar-refractivity contribution is 5.91. The number of hydrogen-bond donors (Lipinski definition) is 3. The van der Waals surface area contributed by atoms with Gasteiger partial charge >= 0.3 is 0 Å². The van der Waals surface area contributed by atoms with Crippen LogP contribution in [0.25, 0.3) is 11.1 Å². The fourth-order valence-corrected chi connectivity index (χ4v) is 4.65. The molecule has 0 saturated carbocycles.